The smallest absolute Gasteiger partial charge is 0.0653 e. The summed E-state index contributed by atoms with van der Waals surface area (Å²) in [5, 5.41) is 3.37. The van der Waals surface area contributed by atoms with E-state index in [0.717, 1.165) is 32.7 Å². The molecule has 2 aliphatic heterocycles. The molecule has 2 heteroatoms. The molecular formula is C13H15NO. The predicted molar refractivity (Wildman–Crippen MR) is 60.4 cm³/mol. The van der Waals surface area contributed by atoms with Crippen LogP contribution in [-0.4, -0.2) is 13.2 Å². The zero-order valence-electron chi connectivity index (χ0n) is 8.75. The highest BCUT2D eigenvalue weighted by atomic mass is 16.5. The molecule has 0 unspecified atom stereocenters. The molecule has 1 N–H and O–H groups in total. The third-order valence-corrected chi connectivity index (χ3v) is 3.17. The van der Waals surface area contributed by atoms with Crippen LogP contribution in [0.3, 0.4) is 0 Å². The number of fused-ring (bicyclic) bond motifs is 1. The van der Waals surface area contributed by atoms with Crippen molar-refractivity contribution >= 4 is 5.57 Å². The van der Waals surface area contributed by atoms with Gasteiger partial charge in [-0.25, -0.2) is 0 Å². The molecule has 3 rings (SSSR count). The fourth-order valence-corrected chi connectivity index (χ4v) is 2.28. The summed E-state index contributed by atoms with van der Waals surface area (Å²) in [5.74, 6) is 0. The van der Waals surface area contributed by atoms with Crippen LogP contribution in [0.2, 0.25) is 0 Å². The van der Waals surface area contributed by atoms with E-state index >= 15 is 0 Å². The van der Waals surface area contributed by atoms with E-state index in [1.54, 1.807) is 0 Å². The van der Waals surface area contributed by atoms with Crippen molar-refractivity contribution in [1.82, 2.24) is 5.32 Å². The SMILES string of the molecule is C1=C(c2ccc3c(c2)CNC3)CCOC1. The summed E-state index contributed by atoms with van der Waals surface area (Å²) in [4.78, 5) is 0. The Hall–Kier alpha value is -1.12. The normalized spacial score (nSPS) is 19.9. The van der Waals surface area contributed by atoms with Crippen LogP contribution in [0, 0.1) is 0 Å². The topological polar surface area (TPSA) is 21.3 Å². The maximum atomic E-state index is 5.33. The maximum Gasteiger partial charge on any atom is 0.0653 e. The molecule has 78 valence electrons. The molecule has 0 fully saturated rings. The van der Waals surface area contributed by atoms with Crippen molar-refractivity contribution in [2.75, 3.05) is 13.2 Å². The molecule has 1 aromatic rings. The highest BCUT2D eigenvalue weighted by Crippen LogP contribution is 2.25. The first-order chi connectivity index (χ1) is 7.43. The van der Waals surface area contributed by atoms with E-state index in [0.29, 0.717) is 0 Å². The minimum Gasteiger partial charge on any atom is -0.377 e. The molecule has 0 aliphatic carbocycles. The zero-order chi connectivity index (χ0) is 10.1. The van der Waals surface area contributed by atoms with E-state index < -0.39 is 0 Å². The van der Waals surface area contributed by atoms with Gasteiger partial charge >= 0.3 is 0 Å². The molecule has 15 heavy (non-hydrogen) atoms. The molecule has 0 atom stereocenters. The molecule has 0 bridgehead atoms. The Kier molecular flexibility index (Phi) is 2.31. The number of ether oxygens (including phenoxy) is 1. The van der Waals surface area contributed by atoms with Crippen molar-refractivity contribution in [2.45, 2.75) is 19.5 Å². The van der Waals surface area contributed by atoms with E-state index in [4.69, 9.17) is 4.74 Å². The maximum absolute atomic E-state index is 5.33. The fraction of sp³-hybridized carbons (Fsp3) is 0.385. The van der Waals surface area contributed by atoms with Gasteiger partial charge in [-0.3, -0.25) is 0 Å². The second-order valence-corrected chi connectivity index (χ2v) is 4.14. The summed E-state index contributed by atoms with van der Waals surface area (Å²) >= 11 is 0. The first kappa shape index (κ1) is 9.13. The predicted octanol–water partition coefficient (Wildman–Crippen LogP) is 2.09. The minimum absolute atomic E-state index is 0.769. The quantitative estimate of drug-likeness (QED) is 0.751. The largest absolute Gasteiger partial charge is 0.377 e. The molecule has 0 spiro atoms. The van der Waals surface area contributed by atoms with Gasteiger partial charge in [0.1, 0.15) is 0 Å². The minimum atomic E-state index is 0.769. The molecule has 2 nitrogen and oxygen atoms in total. The summed E-state index contributed by atoms with van der Waals surface area (Å²) in [7, 11) is 0. The molecule has 0 aromatic heterocycles. The first-order valence-corrected chi connectivity index (χ1v) is 5.53. The average molecular weight is 201 g/mol. The Labute approximate surface area is 89.9 Å². The third kappa shape index (κ3) is 1.71. The van der Waals surface area contributed by atoms with Gasteiger partial charge in [0.15, 0.2) is 0 Å². The molecule has 0 saturated heterocycles. The van der Waals surface area contributed by atoms with Crippen LogP contribution in [0.5, 0.6) is 0 Å². The van der Waals surface area contributed by atoms with Crippen LogP contribution in [0.1, 0.15) is 23.1 Å². The van der Waals surface area contributed by atoms with Crippen molar-refractivity contribution in [3.05, 3.63) is 41.0 Å². The summed E-state index contributed by atoms with van der Waals surface area (Å²) in [5.41, 5.74) is 5.73. The highest BCUT2D eigenvalue weighted by molar-refractivity contribution is 5.67. The lowest BCUT2D eigenvalue weighted by Gasteiger charge is -2.14. The molecule has 2 aliphatic rings. The second kappa shape index (κ2) is 3.80. The number of hydrogen-bond acceptors (Lipinski definition) is 2. The Morgan fingerprint density at radius 3 is 2.93 bits per heavy atom. The zero-order valence-corrected chi connectivity index (χ0v) is 8.75. The van der Waals surface area contributed by atoms with E-state index in [-0.39, 0.29) is 0 Å². The van der Waals surface area contributed by atoms with Gasteiger partial charge in [-0.15, -0.1) is 0 Å². The van der Waals surface area contributed by atoms with E-state index in [1.807, 2.05) is 0 Å². The van der Waals surface area contributed by atoms with Crippen LogP contribution in [-0.2, 0) is 17.8 Å². The molecule has 2 heterocycles. The summed E-state index contributed by atoms with van der Waals surface area (Å²) in [6.07, 6.45) is 3.25. The molecular weight excluding hydrogens is 186 g/mol. The lowest BCUT2D eigenvalue weighted by molar-refractivity contribution is 0.161. The van der Waals surface area contributed by atoms with Crippen LogP contribution >= 0.6 is 0 Å². The lowest BCUT2D eigenvalue weighted by atomic mass is 9.98. The summed E-state index contributed by atoms with van der Waals surface area (Å²) < 4.78 is 5.33. The van der Waals surface area contributed by atoms with Gasteiger partial charge < -0.3 is 10.1 Å². The second-order valence-electron chi connectivity index (χ2n) is 4.14. The van der Waals surface area contributed by atoms with Gasteiger partial charge in [0.25, 0.3) is 0 Å². The van der Waals surface area contributed by atoms with Crippen LogP contribution < -0.4 is 5.32 Å². The molecule has 0 radical (unpaired) electrons. The lowest BCUT2D eigenvalue weighted by Crippen LogP contribution is -2.04. The molecule has 0 amide bonds. The third-order valence-electron chi connectivity index (χ3n) is 3.17. The summed E-state index contributed by atoms with van der Waals surface area (Å²) in [6.45, 7) is 3.68. The van der Waals surface area contributed by atoms with Crippen molar-refractivity contribution in [1.29, 1.82) is 0 Å². The van der Waals surface area contributed by atoms with Gasteiger partial charge in [-0.05, 0) is 34.8 Å². The number of rotatable bonds is 1. The van der Waals surface area contributed by atoms with Crippen molar-refractivity contribution in [3.8, 4) is 0 Å². The molecule has 1 aromatic carbocycles. The van der Waals surface area contributed by atoms with Crippen LogP contribution in [0.25, 0.3) is 5.57 Å². The van der Waals surface area contributed by atoms with E-state index in [2.05, 4.69) is 29.6 Å². The summed E-state index contributed by atoms with van der Waals surface area (Å²) in [6, 6.07) is 6.82. The molecule has 0 saturated carbocycles. The first-order valence-electron chi connectivity index (χ1n) is 5.53. The van der Waals surface area contributed by atoms with Crippen molar-refractivity contribution in [3.63, 3.8) is 0 Å². The van der Waals surface area contributed by atoms with Gasteiger partial charge in [0.2, 0.25) is 0 Å². The van der Waals surface area contributed by atoms with Crippen LogP contribution in [0.15, 0.2) is 24.3 Å². The van der Waals surface area contributed by atoms with Crippen molar-refractivity contribution < 1.29 is 4.74 Å². The Balaban J connectivity index is 1.95. The van der Waals surface area contributed by atoms with E-state index in [9.17, 15) is 0 Å². The standard InChI is InChI=1S/C13H15NO/c1-2-12-8-14-9-13(12)7-11(1)10-3-5-15-6-4-10/h1-3,7,14H,4-6,8-9H2. The highest BCUT2D eigenvalue weighted by Gasteiger charge is 2.12. The number of hydrogen-bond donors (Lipinski definition) is 1. The average Bonchev–Trinajstić information content (AvgIpc) is 2.77. The van der Waals surface area contributed by atoms with Gasteiger partial charge in [-0.2, -0.15) is 0 Å². The number of benzene rings is 1. The van der Waals surface area contributed by atoms with Gasteiger partial charge in [-0.1, -0.05) is 18.2 Å². The monoisotopic (exact) mass is 201 g/mol. The Morgan fingerprint density at radius 2 is 2.07 bits per heavy atom. The Morgan fingerprint density at radius 1 is 1.13 bits per heavy atom. The number of nitrogens with one attached hydrogen (secondary N) is 1. The van der Waals surface area contributed by atoms with Crippen LogP contribution in [0.4, 0.5) is 0 Å². The van der Waals surface area contributed by atoms with Gasteiger partial charge in [0.05, 0.1) is 13.2 Å². The van der Waals surface area contributed by atoms with Crippen molar-refractivity contribution in [2.24, 2.45) is 0 Å². The van der Waals surface area contributed by atoms with Gasteiger partial charge in [0, 0.05) is 13.1 Å². The Bertz CT molecular complexity index is 409. The fourth-order valence-electron chi connectivity index (χ4n) is 2.28. The van der Waals surface area contributed by atoms with E-state index in [1.165, 1.54) is 22.3 Å².